The summed E-state index contributed by atoms with van der Waals surface area (Å²) in [7, 11) is 3.23. The highest BCUT2D eigenvalue weighted by Gasteiger charge is 2.42. The number of nitrogens with one attached hydrogen (secondary N) is 1. The third kappa shape index (κ3) is 3.25. The Morgan fingerprint density at radius 3 is 2.55 bits per heavy atom. The van der Waals surface area contributed by atoms with E-state index >= 15 is 0 Å². The van der Waals surface area contributed by atoms with Gasteiger partial charge in [0, 0.05) is 18.2 Å². The summed E-state index contributed by atoms with van der Waals surface area (Å²) in [5.41, 5.74) is 1.16. The molecule has 1 aliphatic carbocycles. The summed E-state index contributed by atoms with van der Waals surface area (Å²) in [6, 6.07) is 5.89. The highest BCUT2D eigenvalue weighted by atomic mass is 16.5. The summed E-state index contributed by atoms with van der Waals surface area (Å²) in [6.45, 7) is 4.98. The number of aliphatic hydroxyl groups excluding tert-OH is 1. The molecule has 1 aromatic carbocycles. The third-order valence-electron chi connectivity index (χ3n) is 4.50. The van der Waals surface area contributed by atoms with E-state index in [4.69, 9.17) is 9.47 Å². The zero-order chi connectivity index (χ0) is 14.8. The molecule has 1 aromatic rings. The van der Waals surface area contributed by atoms with E-state index in [0.717, 1.165) is 11.3 Å². The Bertz CT molecular complexity index is 457. The van der Waals surface area contributed by atoms with Gasteiger partial charge in [0.15, 0.2) is 0 Å². The Morgan fingerprint density at radius 2 is 2.00 bits per heavy atom. The first-order valence-electron chi connectivity index (χ1n) is 7.13. The largest absolute Gasteiger partial charge is 0.497 e. The molecule has 4 heteroatoms. The van der Waals surface area contributed by atoms with E-state index in [1.54, 1.807) is 14.2 Å². The molecule has 0 unspecified atom stereocenters. The standard InChI is InChI=1S/C16H25NO3/c1-11(16(2)7-8-16)17-10-14(18)13-9-12(19-3)5-6-15(13)20-4/h5-6,9,11,14,17-18H,7-8,10H2,1-4H3/t11-,14+/m1/s1. The van der Waals surface area contributed by atoms with Gasteiger partial charge in [-0.1, -0.05) is 6.92 Å². The minimum atomic E-state index is -0.607. The lowest BCUT2D eigenvalue weighted by Gasteiger charge is -2.23. The third-order valence-corrected chi connectivity index (χ3v) is 4.50. The van der Waals surface area contributed by atoms with E-state index in [2.05, 4.69) is 19.2 Å². The molecule has 0 aliphatic heterocycles. The summed E-state index contributed by atoms with van der Waals surface area (Å²) in [6.07, 6.45) is 1.92. The van der Waals surface area contributed by atoms with Crippen LogP contribution in [-0.4, -0.2) is 31.9 Å². The summed E-state index contributed by atoms with van der Waals surface area (Å²) < 4.78 is 10.5. The Morgan fingerprint density at radius 1 is 1.30 bits per heavy atom. The number of hydrogen-bond acceptors (Lipinski definition) is 4. The van der Waals surface area contributed by atoms with Crippen LogP contribution in [0.25, 0.3) is 0 Å². The maximum Gasteiger partial charge on any atom is 0.124 e. The van der Waals surface area contributed by atoms with Gasteiger partial charge in [-0.15, -0.1) is 0 Å². The van der Waals surface area contributed by atoms with E-state index in [0.29, 0.717) is 23.8 Å². The van der Waals surface area contributed by atoms with E-state index in [1.165, 1.54) is 12.8 Å². The van der Waals surface area contributed by atoms with Crippen LogP contribution >= 0.6 is 0 Å². The van der Waals surface area contributed by atoms with Crippen LogP contribution in [0.1, 0.15) is 38.4 Å². The van der Waals surface area contributed by atoms with Gasteiger partial charge < -0.3 is 19.9 Å². The molecule has 112 valence electrons. The lowest BCUT2D eigenvalue weighted by atomic mass is 10.00. The van der Waals surface area contributed by atoms with Crippen molar-refractivity contribution in [2.45, 2.75) is 38.8 Å². The van der Waals surface area contributed by atoms with Crippen molar-refractivity contribution in [3.8, 4) is 11.5 Å². The molecule has 0 amide bonds. The van der Waals surface area contributed by atoms with Crippen LogP contribution in [0, 0.1) is 5.41 Å². The normalized spacial score (nSPS) is 19.2. The summed E-state index contributed by atoms with van der Waals surface area (Å²) >= 11 is 0. The minimum Gasteiger partial charge on any atom is -0.497 e. The highest BCUT2D eigenvalue weighted by Crippen LogP contribution is 2.48. The molecule has 2 rings (SSSR count). The number of aliphatic hydroxyl groups is 1. The Kier molecular flexibility index (Phi) is 4.55. The second kappa shape index (κ2) is 6.02. The molecule has 0 bridgehead atoms. The fourth-order valence-electron chi connectivity index (χ4n) is 2.37. The van der Waals surface area contributed by atoms with E-state index in [1.807, 2.05) is 18.2 Å². The maximum atomic E-state index is 10.4. The molecular weight excluding hydrogens is 254 g/mol. The van der Waals surface area contributed by atoms with Crippen LogP contribution < -0.4 is 14.8 Å². The van der Waals surface area contributed by atoms with Crippen LogP contribution in [-0.2, 0) is 0 Å². The molecule has 2 N–H and O–H groups in total. The molecule has 1 saturated carbocycles. The van der Waals surface area contributed by atoms with Crippen LogP contribution in [0.5, 0.6) is 11.5 Å². The van der Waals surface area contributed by atoms with Crippen molar-refractivity contribution < 1.29 is 14.6 Å². The number of rotatable bonds is 7. The van der Waals surface area contributed by atoms with Crippen molar-refractivity contribution in [3.63, 3.8) is 0 Å². The molecule has 20 heavy (non-hydrogen) atoms. The SMILES string of the molecule is COc1ccc(OC)c([C@@H](O)CN[C@H](C)C2(C)CC2)c1. The quantitative estimate of drug-likeness (QED) is 0.805. The van der Waals surface area contributed by atoms with Gasteiger partial charge in [-0.2, -0.15) is 0 Å². The van der Waals surface area contributed by atoms with Gasteiger partial charge in [0.1, 0.15) is 11.5 Å². The Hall–Kier alpha value is -1.26. The average Bonchev–Trinajstić information content (AvgIpc) is 3.22. The lowest BCUT2D eigenvalue weighted by Crippen LogP contribution is -2.36. The number of hydrogen-bond donors (Lipinski definition) is 2. The van der Waals surface area contributed by atoms with Crippen LogP contribution in [0.15, 0.2) is 18.2 Å². The number of ether oxygens (including phenoxy) is 2. The summed E-state index contributed by atoms with van der Waals surface area (Å²) in [5.74, 6) is 1.41. The number of methoxy groups -OCH3 is 2. The van der Waals surface area contributed by atoms with Crippen molar-refractivity contribution in [1.82, 2.24) is 5.32 Å². The van der Waals surface area contributed by atoms with E-state index < -0.39 is 6.10 Å². The van der Waals surface area contributed by atoms with Crippen LogP contribution in [0.2, 0.25) is 0 Å². The van der Waals surface area contributed by atoms with Gasteiger partial charge in [0.05, 0.1) is 20.3 Å². The van der Waals surface area contributed by atoms with Crippen LogP contribution in [0.4, 0.5) is 0 Å². The van der Waals surface area contributed by atoms with Gasteiger partial charge in [0.2, 0.25) is 0 Å². The topological polar surface area (TPSA) is 50.7 Å². The fourth-order valence-corrected chi connectivity index (χ4v) is 2.37. The predicted octanol–water partition coefficient (Wildman–Crippen LogP) is 2.52. The molecule has 0 radical (unpaired) electrons. The average molecular weight is 279 g/mol. The van der Waals surface area contributed by atoms with Crippen molar-refractivity contribution in [2.75, 3.05) is 20.8 Å². The molecule has 1 fully saturated rings. The first-order chi connectivity index (χ1) is 9.50. The monoisotopic (exact) mass is 279 g/mol. The van der Waals surface area contributed by atoms with Crippen LogP contribution in [0.3, 0.4) is 0 Å². The summed E-state index contributed by atoms with van der Waals surface area (Å²) in [5, 5.41) is 13.8. The molecule has 1 aliphatic rings. The number of benzene rings is 1. The Balaban J connectivity index is 2.02. The molecular formula is C16H25NO3. The van der Waals surface area contributed by atoms with E-state index in [9.17, 15) is 5.11 Å². The Labute approximate surface area is 121 Å². The smallest absolute Gasteiger partial charge is 0.124 e. The van der Waals surface area contributed by atoms with E-state index in [-0.39, 0.29) is 0 Å². The highest BCUT2D eigenvalue weighted by molar-refractivity contribution is 5.41. The van der Waals surface area contributed by atoms with Crippen molar-refractivity contribution >= 4 is 0 Å². The second-order valence-electron chi connectivity index (χ2n) is 5.91. The first-order valence-corrected chi connectivity index (χ1v) is 7.13. The predicted molar refractivity (Wildman–Crippen MR) is 79.3 cm³/mol. The molecule has 4 nitrogen and oxygen atoms in total. The molecule has 0 spiro atoms. The van der Waals surface area contributed by atoms with Crippen molar-refractivity contribution in [2.24, 2.45) is 5.41 Å². The minimum absolute atomic E-state index is 0.401. The zero-order valence-corrected chi connectivity index (χ0v) is 12.8. The molecule has 2 atom stereocenters. The molecule has 0 saturated heterocycles. The molecule has 0 heterocycles. The molecule has 0 aromatic heterocycles. The first kappa shape index (κ1) is 15.1. The van der Waals surface area contributed by atoms with Gasteiger partial charge in [-0.3, -0.25) is 0 Å². The van der Waals surface area contributed by atoms with Gasteiger partial charge in [0.25, 0.3) is 0 Å². The lowest BCUT2D eigenvalue weighted by molar-refractivity contribution is 0.160. The van der Waals surface area contributed by atoms with Crippen molar-refractivity contribution in [1.29, 1.82) is 0 Å². The fraction of sp³-hybridized carbons (Fsp3) is 0.625. The maximum absolute atomic E-state index is 10.4. The van der Waals surface area contributed by atoms with Gasteiger partial charge in [-0.05, 0) is 43.4 Å². The zero-order valence-electron chi connectivity index (χ0n) is 12.8. The van der Waals surface area contributed by atoms with Gasteiger partial charge in [-0.25, -0.2) is 0 Å². The van der Waals surface area contributed by atoms with Gasteiger partial charge >= 0.3 is 0 Å². The van der Waals surface area contributed by atoms with Crippen molar-refractivity contribution in [3.05, 3.63) is 23.8 Å². The summed E-state index contributed by atoms with van der Waals surface area (Å²) in [4.78, 5) is 0. The second-order valence-corrected chi connectivity index (χ2v) is 5.91.